The van der Waals surface area contributed by atoms with Crippen molar-refractivity contribution in [2.24, 2.45) is 17.8 Å². The number of imidazole rings is 1. The molecule has 0 bridgehead atoms. The number of carbonyl (C=O) groups excluding carboxylic acids is 3. The number of aliphatic hydroxyl groups excluding tert-OH is 2. The van der Waals surface area contributed by atoms with Crippen molar-refractivity contribution in [1.82, 2.24) is 25.5 Å². The van der Waals surface area contributed by atoms with Crippen LogP contribution in [0.25, 0.3) is 0 Å². The van der Waals surface area contributed by atoms with Gasteiger partial charge in [-0.1, -0.05) is 76.3 Å². The van der Waals surface area contributed by atoms with Crippen LogP contribution in [0, 0.1) is 30.1 Å². The highest BCUT2D eigenvalue weighted by Gasteiger charge is 2.34. The first kappa shape index (κ1) is 36.8. The maximum Gasteiger partial charge on any atom is 0.243 e. The first-order chi connectivity index (χ1) is 22.1. The summed E-state index contributed by atoms with van der Waals surface area (Å²) in [6.07, 6.45) is 13.9. The van der Waals surface area contributed by atoms with Crippen LogP contribution in [-0.4, -0.2) is 80.7 Å². The summed E-state index contributed by atoms with van der Waals surface area (Å²) in [4.78, 5) is 49.3. The Morgan fingerprint density at radius 1 is 1.09 bits per heavy atom. The van der Waals surface area contributed by atoms with Gasteiger partial charge in [-0.05, 0) is 36.7 Å². The quantitative estimate of drug-likeness (QED) is 0.159. The fourth-order valence-electron chi connectivity index (χ4n) is 6.21. The second-order valence-corrected chi connectivity index (χ2v) is 13.2. The lowest BCUT2D eigenvalue weighted by atomic mass is 9.82. The lowest BCUT2D eigenvalue weighted by Crippen LogP contribution is -2.56. The van der Waals surface area contributed by atoms with Crippen LogP contribution < -0.4 is 10.6 Å². The molecule has 3 amide bonds. The predicted molar refractivity (Wildman–Crippen MR) is 178 cm³/mol. The maximum atomic E-state index is 13.8. The molecule has 2 aromatic rings. The van der Waals surface area contributed by atoms with Crippen LogP contribution in [0.1, 0.15) is 82.9 Å². The van der Waals surface area contributed by atoms with Crippen molar-refractivity contribution in [1.29, 1.82) is 0 Å². The average Bonchev–Trinajstić information content (AvgIpc) is 3.57. The van der Waals surface area contributed by atoms with Crippen molar-refractivity contribution in [3.63, 3.8) is 0 Å². The molecule has 1 fully saturated rings. The number of rotatable bonds is 18. The number of terminal acetylenes is 1. The molecule has 1 heterocycles. The molecule has 1 aliphatic carbocycles. The minimum Gasteiger partial charge on any atom is -0.390 e. The Labute approximate surface area is 274 Å². The molecule has 1 aromatic heterocycles. The van der Waals surface area contributed by atoms with Gasteiger partial charge in [0.25, 0.3) is 0 Å². The summed E-state index contributed by atoms with van der Waals surface area (Å²) in [6, 6.07) is 7.69. The number of hydrogen-bond acceptors (Lipinski definition) is 6. The molecular weight excluding hydrogens is 582 g/mol. The first-order valence-corrected chi connectivity index (χ1v) is 16.7. The monoisotopic (exact) mass is 635 g/mol. The summed E-state index contributed by atoms with van der Waals surface area (Å²) in [6.45, 7) is 4.39. The van der Waals surface area contributed by atoms with E-state index in [0.29, 0.717) is 38.1 Å². The molecular formula is C36H53N5O5. The van der Waals surface area contributed by atoms with Crippen molar-refractivity contribution in [3.8, 4) is 12.3 Å². The van der Waals surface area contributed by atoms with Gasteiger partial charge in [-0.3, -0.25) is 14.4 Å². The van der Waals surface area contributed by atoms with Crippen LogP contribution in [0.4, 0.5) is 0 Å². The van der Waals surface area contributed by atoms with E-state index < -0.39 is 42.0 Å². The van der Waals surface area contributed by atoms with E-state index in [1.54, 1.807) is 24.5 Å². The number of amides is 3. The smallest absolute Gasteiger partial charge is 0.243 e. The Morgan fingerprint density at radius 3 is 2.43 bits per heavy atom. The van der Waals surface area contributed by atoms with Gasteiger partial charge in [0.2, 0.25) is 17.7 Å². The summed E-state index contributed by atoms with van der Waals surface area (Å²) in [5, 5.41) is 27.7. The largest absolute Gasteiger partial charge is 0.390 e. The molecule has 0 unspecified atom stereocenters. The summed E-state index contributed by atoms with van der Waals surface area (Å²) in [7, 11) is 1.70. The number of hydrogen-bond donors (Lipinski definition) is 5. The van der Waals surface area contributed by atoms with Crippen molar-refractivity contribution in [3.05, 3.63) is 54.1 Å². The van der Waals surface area contributed by atoms with Crippen LogP contribution in [0.15, 0.2) is 42.9 Å². The van der Waals surface area contributed by atoms with Crippen LogP contribution in [-0.2, 0) is 27.2 Å². The van der Waals surface area contributed by atoms with E-state index in [1.807, 2.05) is 44.2 Å². The highest BCUT2D eigenvalue weighted by molar-refractivity contribution is 5.91. The summed E-state index contributed by atoms with van der Waals surface area (Å²) >= 11 is 0. The standard InChI is InChI=1S/C36H53N5O5/c1-5-12-30(36(46)40-31(21-27-15-10-7-11-16-27)34(44)32(42)19-25(2)3)39-35(45)28(20-26-13-8-6-9-14-26)22-33(43)41(4)18-17-29-23-37-24-38-29/h1,6,8-9,13-14,23-25,27-28,30-32,34,42,44H,7,10-12,15-22H2,2-4H3,(H,37,38)(H,39,45)(H,40,46)/t28-,30+,31+,32+,34-/m1/s1. The fraction of sp³-hybridized carbons (Fsp3) is 0.611. The van der Waals surface area contributed by atoms with Gasteiger partial charge in [0.1, 0.15) is 12.1 Å². The Balaban J connectivity index is 1.73. The summed E-state index contributed by atoms with van der Waals surface area (Å²) in [5.41, 5.74) is 1.80. The molecule has 0 spiro atoms. The number of aliphatic hydroxyl groups is 2. The van der Waals surface area contributed by atoms with Crippen molar-refractivity contribution in [2.75, 3.05) is 13.6 Å². The Bertz CT molecular complexity index is 1240. The van der Waals surface area contributed by atoms with Crippen LogP contribution in [0.2, 0.25) is 0 Å². The third-order valence-electron chi connectivity index (χ3n) is 8.93. The van der Waals surface area contributed by atoms with E-state index in [-0.39, 0.29) is 24.7 Å². The SMILES string of the molecule is C#CC[C@H](NC(=O)[C@@H](CC(=O)N(C)CCc1cnc[nH]1)Cc1ccccc1)C(=O)N[C@@H](CC1CCCCC1)[C@@H](O)[C@@H](O)CC(C)C. The fourth-order valence-corrected chi connectivity index (χ4v) is 6.21. The number of benzene rings is 1. The normalized spacial score (nSPS) is 16.9. The third-order valence-corrected chi connectivity index (χ3v) is 8.93. The summed E-state index contributed by atoms with van der Waals surface area (Å²) < 4.78 is 0. The van der Waals surface area contributed by atoms with Crippen LogP contribution in [0.3, 0.4) is 0 Å². The number of H-pyrrole nitrogens is 1. The van der Waals surface area contributed by atoms with Gasteiger partial charge in [0.15, 0.2) is 0 Å². The molecule has 1 aliphatic rings. The number of aromatic amines is 1. The average molecular weight is 636 g/mol. The third kappa shape index (κ3) is 12.3. The van der Waals surface area contributed by atoms with Gasteiger partial charge in [-0.25, -0.2) is 4.98 Å². The molecule has 10 heteroatoms. The molecule has 46 heavy (non-hydrogen) atoms. The van der Waals surface area contributed by atoms with E-state index in [4.69, 9.17) is 6.42 Å². The van der Waals surface area contributed by atoms with Gasteiger partial charge in [-0.2, -0.15) is 0 Å². The number of nitrogens with one attached hydrogen (secondary N) is 3. The van der Waals surface area contributed by atoms with E-state index in [0.717, 1.165) is 36.9 Å². The minimum atomic E-state index is -1.16. The minimum absolute atomic E-state index is 0.0466. The number of likely N-dealkylation sites (N-methyl/N-ethyl adjacent to an activating group) is 1. The number of carbonyl (C=O) groups is 3. The highest BCUT2D eigenvalue weighted by Crippen LogP contribution is 2.29. The number of nitrogens with zero attached hydrogens (tertiary/aromatic N) is 2. The molecule has 5 atom stereocenters. The van der Waals surface area contributed by atoms with Gasteiger partial charge >= 0.3 is 0 Å². The second kappa shape index (κ2) is 19.1. The van der Waals surface area contributed by atoms with Crippen molar-refractivity contribution in [2.45, 2.75) is 109 Å². The zero-order valence-corrected chi connectivity index (χ0v) is 27.7. The van der Waals surface area contributed by atoms with E-state index in [9.17, 15) is 24.6 Å². The molecule has 0 saturated heterocycles. The van der Waals surface area contributed by atoms with Gasteiger partial charge < -0.3 is 30.7 Å². The predicted octanol–water partition coefficient (Wildman–Crippen LogP) is 3.39. The Morgan fingerprint density at radius 2 is 1.80 bits per heavy atom. The Hall–Kier alpha value is -3.68. The highest BCUT2D eigenvalue weighted by atomic mass is 16.3. The lowest BCUT2D eigenvalue weighted by Gasteiger charge is -2.33. The van der Waals surface area contributed by atoms with E-state index in [2.05, 4.69) is 26.5 Å². The zero-order valence-electron chi connectivity index (χ0n) is 27.7. The molecule has 5 N–H and O–H groups in total. The van der Waals surface area contributed by atoms with E-state index in [1.165, 1.54) is 6.42 Å². The Kier molecular flexibility index (Phi) is 15.3. The molecule has 10 nitrogen and oxygen atoms in total. The number of aromatic nitrogens is 2. The van der Waals surface area contributed by atoms with Crippen LogP contribution in [0.5, 0.6) is 0 Å². The van der Waals surface area contributed by atoms with Crippen LogP contribution >= 0.6 is 0 Å². The molecule has 1 saturated carbocycles. The first-order valence-electron chi connectivity index (χ1n) is 16.7. The zero-order chi connectivity index (χ0) is 33.5. The molecule has 252 valence electrons. The topological polar surface area (TPSA) is 148 Å². The molecule has 0 aliphatic heterocycles. The summed E-state index contributed by atoms with van der Waals surface area (Å²) in [5.74, 6) is 1.10. The van der Waals surface area contributed by atoms with Gasteiger partial charge in [0, 0.05) is 44.7 Å². The van der Waals surface area contributed by atoms with Crippen molar-refractivity contribution < 1.29 is 24.6 Å². The maximum absolute atomic E-state index is 13.8. The molecule has 1 aromatic carbocycles. The van der Waals surface area contributed by atoms with E-state index >= 15 is 0 Å². The lowest BCUT2D eigenvalue weighted by molar-refractivity contribution is -0.136. The molecule has 0 radical (unpaired) electrons. The molecule has 3 rings (SSSR count). The second-order valence-electron chi connectivity index (χ2n) is 13.2. The van der Waals surface area contributed by atoms with Gasteiger partial charge in [-0.15, -0.1) is 12.3 Å². The van der Waals surface area contributed by atoms with Gasteiger partial charge in [0.05, 0.1) is 24.4 Å². The van der Waals surface area contributed by atoms with Crippen molar-refractivity contribution >= 4 is 17.7 Å².